The summed E-state index contributed by atoms with van der Waals surface area (Å²) in [6.07, 6.45) is 0.420. The molecule has 0 unspecified atom stereocenters. The number of fused-ring (bicyclic) bond motifs is 1. The molecule has 1 aromatic rings. The first kappa shape index (κ1) is 7.68. The van der Waals surface area contributed by atoms with Crippen LogP contribution in [-0.2, 0) is 10.8 Å². The third kappa shape index (κ3) is 1.10. The molecule has 0 saturated heterocycles. The number of hydrogen-bond acceptors (Lipinski definition) is 2. The summed E-state index contributed by atoms with van der Waals surface area (Å²) in [7, 11) is -0.957. The number of Topliss-reactive ketones (excluding diaryl/α,β-unsaturated/α-hetero) is 1. The number of rotatable bonds is 0. The molecule has 0 bridgehead atoms. The van der Waals surface area contributed by atoms with Gasteiger partial charge in [0.05, 0.1) is 10.8 Å². The maximum Gasteiger partial charge on any atom is 0.165 e. The first-order valence-electron chi connectivity index (χ1n) is 3.79. The average molecular weight is 180 g/mol. The van der Waals surface area contributed by atoms with Crippen LogP contribution in [0.25, 0.3) is 0 Å². The largest absolute Gasteiger partial charge is 0.294 e. The second kappa shape index (κ2) is 2.83. The Morgan fingerprint density at radius 3 is 2.75 bits per heavy atom. The third-order valence-electron chi connectivity index (χ3n) is 1.95. The predicted octanol–water partition coefficient (Wildman–Crippen LogP) is 1.38. The van der Waals surface area contributed by atoms with Crippen LogP contribution in [0.4, 0.5) is 0 Å². The molecular weight excluding hydrogens is 172 g/mol. The van der Waals surface area contributed by atoms with Crippen LogP contribution in [0.2, 0.25) is 0 Å². The summed E-state index contributed by atoms with van der Waals surface area (Å²) in [4.78, 5) is 12.0. The van der Waals surface area contributed by atoms with E-state index in [9.17, 15) is 9.00 Å². The molecule has 0 N–H and O–H groups in total. The minimum Gasteiger partial charge on any atom is -0.294 e. The molecule has 0 aliphatic carbocycles. The normalized spacial score (nSPS) is 22.0. The summed E-state index contributed by atoms with van der Waals surface area (Å²) in [6.45, 7) is 0. The van der Waals surface area contributed by atoms with Crippen LogP contribution in [0.15, 0.2) is 29.2 Å². The molecule has 0 spiro atoms. The highest BCUT2D eigenvalue weighted by Crippen LogP contribution is 2.20. The predicted molar refractivity (Wildman–Crippen MR) is 46.7 cm³/mol. The first-order chi connectivity index (χ1) is 5.79. The van der Waals surface area contributed by atoms with E-state index in [0.717, 1.165) is 0 Å². The quantitative estimate of drug-likeness (QED) is 0.604. The van der Waals surface area contributed by atoms with E-state index >= 15 is 0 Å². The lowest BCUT2D eigenvalue weighted by molar-refractivity contribution is 0.0984. The van der Waals surface area contributed by atoms with E-state index in [-0.39, 0.29) is 5.78 Å². The van der Waals surface area contributed by atoms with Crippen LogP contribution in [0.5, 0.6) is 0 Å². The Morgan fingerprint density at radius 1 is 1.25 bits per heavy atom. The molecule has 3 heteroatoms. The van der Waals surface area contributed by atoms with Crippen molar-refractivity contribution in [2.75, 3.05) is 5.75 Å². The Bertz CT molecular complexity index is 322. The second-order valence-electron chi connectivity index (χ2n) is 2.72. The van der Waals surface area contributed by atoms with Gasteiger partial charge in [-0.25, -0.2) is 0 Å². The Morgan fingerprint density at radius 2 is 2.00 bits per heavy atom. The summed E-state index contributed by atoms with van der Waals surface area (Å²) in [5.74, 6) is 0.598. The third-order valence-corrected chi connectivity index (χ3v) is 3.37. The SMILES string of the molecule is O=C1CC[S@](=O)c2ccccc21. The lowest BCUT2D eigenvalue weighted by Crippen LogP contribution is -2.16. The van der Waals surface area contributed by atoms with Crippen LogP contribution in [0.1, 0.15) is 16.8 Å². The maximum absolute atomic E-state index is 11.4. The van der Waals surface area contributed by atoms with E-state index in [4.69, 9.17) is 0 Å². The standard InChI is InChI=1S/C9H8O2S/c10-8-5-6-12(11)9-4-2-1-3-7(8)9/h1-4H,5-6H2/t12-/m0/s1. The summed E-state index contributed by atoms with van der Waals surface area (Å²) >= 11 is 0. The summed E-state index contributed by atoms with van der Waals surface area (Å²) in [5, 5.41) is 0. The van der Waals surface area contributed by atoms with Crippen molar-refractivity contribution >= 4 is 16.6 Å². The highest BCUT2D eigenvalue weighted by atomic mass is 32.2. The molecule has 0 saturated carbocycles. The Labute approximate surface area is 73.1 Å². The molecular formula is C9H8O2S. The van der Waals surface area contributed by atoms with Crippen LogP contribution in [0, 0.1) is 0 Å². The lowest BCUT2D eigenvalue weighted by Gasteiger charge is -2.12. The fourth-order valence-corrected chi connectivity index (χ4v) is 2.57. The van der Waals surface area contributed by atoms with E-state index in [0.29, 0.717) is 22.6 Å². The van der Waals surface area contributed by atoms with Gasteiger partial charge in [-0.3, -0.25) is 9.00 Å². The van der Waals surface area contributed by atoms with Gasteiger partial charge in [-0.1, -0.05) is 18.2 Å². The maximum atomic E-state index is 11.4. The number of benzene rings is 1. The van der Waals surface area contributed by atoms with Gasteiger partial charge in [0.25, 0.3) is 0 Å². The fourth-order valence-electron chi connectivity index (χ4n) is 1.33. The average Bonchev–Trinajstić information content (AvgIpc) is 2.12. The van der Waals surface area contributed by atoms with Crippen molar-refractivity contribution < 1.29 is 9.00 Å². The molecule has 2 nitrogen and oxygen atoms in total. The van der Waals surface area contributed by atoms with Gasteiger partial charge in [-0.05, 0) is 6.07 Å². The zero-order valence-electron chi connectivity index (χ0n) is 6.45. The Kier molecular flexibility index (Phi) is 1.81. The molecule has 12 heavy (non-hydrogen) atoms. The topological polar surface area (TPSA) is 34.1 Å². The van der Waals surface area contributed by atoms with Crippen molar-refractivity contribution in [1.29, 1.82) is 0 Å². The van der Waals surface area contributed by atoms with Crippen LogP contribution < -0.4 is 0 Å². The van der Waals surface area contributed by atoms with E-state index in [2.05, 4.69) is 0 Å². The highest BCUT2D eigenvalue weighted by Gasteiger charge is 2.21. The molecule has 0 aromatic heterocycles. The van der Waals surface area contributed by atoms with Crippen LogP contribution >= 0.6 is 0 Å². The van der Waals surface area contributed by atoms with Gasteiger partial charge in [-0.15, -0.1) is 0 Å². The number of carbonyl (C=O) groups is 1. The number of hydrogen-bond donors (Lipinski definition) is 0. The van der Waals surface area contributed by atoms with Crippen molar-refractivity contribution in [1.82, 2.24) is 0 Å². The zero-order valence-corrected chi connectivity index (χ0v) is 7.26. The monoisotopic (exact) mass is 180 g/mol. The van der Waals surface area contributed by atoms with Crippen LogP contribution in [0.3, 0.4) is 0 Å². The van der Waals surface area contributed by atoms with E-state index in [1.54, 1.807) is 18.2 Å². The highest BCUT2D eigenvalue weighted by molar-refractivity contribution is 7.85. The van der Waals surface area contributed by atoms with Crippen molar-refractivity contribution in [3.8, 4) is 0 Å². The minimum atomic E-state index is -0.957. The number of ketones is 1. The molecule has 0 radical (unpaired) electrons. The Hall–Kier alpha value is -0.960. The molecule has 1 aromatic carbocycles. The zero-order chi connectivity index (χ0) is 8.55. The summed E-state index contributed by atoms with van der Waals surface area (Å²) in [6, 6.07) is 7.13. The van der Waals surface area contributed by atoms with Gasteiger partial charge in [0.1, 0.15) is 0 Å². The van der Waals surface area contributed by atoms with E-state index in [1.807, 2.05) is 6.07 Å². The molecule has 1 heterocycles. The van der Waals surface area contributed by atoms with Gasteiger partial charge in [0.2, 0.25) is 0 Å². The summed E-state index contributed by atoms with van der Waals surface area (Å²) < 4.78 is 11.4. The van der Waals surface area contributed by atoms with E-state index in [1.165, 1.54) is 0 Å². The van der Waals surface area contributed by atoms with Crippen molar-refractivity contribution in [2.45, 2.75) is 11.3 Å². The molecule has 0 fully saturated rings. The lowest BCUT2D eigenvalue weighted by atomic mass is 10.1. The van der Waals surface area contributed by atoms with Crippen molar-refractivity contribution in [3.05, 3.63) is 29.8 Å². The molecule has 1 aliphatic heterocycles. The van der Waals surface area contributed by atoms with Gasteiger partial charge in [0.15, 0.2) is 5.78 Å². The Balaban J connectivity index is 2.62. The van der Waals surface area contributed by atoms with Crippen molar-refractivity contribution in [2.24, 2.45) is 0 Å². The first-order valence-corrected chi connectivity index (χ1v) is 5.11. The minimum absolute atomic E-state index is 0.116. The van der Waals surface area contributed by atoms with Crippen LogP contribution in [-0.4, -0.2) is 15.7 Å². The van der Waals surface area contributed by atoms with Gasteiger partial charge in [0, 0.05) is 22.6 Å². The van der Waals surface area contributed by atoms with E-state index < -0.39 is 10.8 Å². The van der Waals surface area contributed by atoms with Gasteiger partial charge >= 0.3 is 0 Å². The van der Waals surface area contributed by atoms with Gasteiger partial charge < -0.3 is 0 Å². The molecule has 0 amide bonds. The molecule has 1 atom stereocenters. The summed E-state index contributed by atoms with van der Waals surface area (Å²) in [5.41, 5.74) is 0.641. The smallest absolute Gasteiger partial charge is 0.165 e. The molecule has 1 aliphatic rings. The fraction of sp³-hybridized carbons (Fsp3) is 0.222. The molecule has 62 valence electrons. The second-order valence-corrected chi connectivity index (χ2v) is 4.26. The van der Waals surface area contributed by atoms with Gasteiger partial charge in [-0.2, -0.15) is 0 Å². The molecule has 2 rings (SSSR count). The number of carbonyl (C=O) groups excluding carboxylic acids is 1. The van der Waals surface area contributed by atoms with Crippen molar-refractivity contribution in [3.63, 3.8) is 0 Å².